The van der Waals surface area contributed by atoms with Crippen LogP contribution in [0, 0.1) is 6.92 Å². The summed E-state index contributed by atoms with van der Waals surface area (Å²) in [5, 5.41) is 12.2. The average Bonchev–Trinajstić information content (AvgIpc) is 2.12. The minimum Gasteiger partial charge on any atom is -0.392 e. The largest absolute Gasteiger partial charge is 0.392 e. The molecular weight excluding hydrogens is 174 g/mol. The zero-order valence-corrected chi connectivity index (χ0v) is 8.96. The normalized spacial score (nSPS) is 12.8. The average molecular weight is 193 g/mol. The Morgan fingerprint density at radius 3 is 2.86 bits per heavy atom. The maximum atomic E-state index is 9.03. The van der Waals surface area contributed by atoms with Crippen LogP contribution in [0.3, 0.4) is 0 Å². The van der Waals surface area contributed by atoms with Crippen molar-refractivity contribution in [1.82, 2.24) is 5.32 Å². The molecular formula is C12H19NO. The first-order chi connectivity index (χ1) is 6.68. The van der Waals surface area contributed by atoms with Gasteiger partial charge in [0.1, 0.15) is 0 Å². The summed E-state index contributed by atoms with van der Waals surface area (Å²) in [6.07, 6.45) is 0.765. The zero-order valence-electron chi connectivity index (χ0n) is 8.96. The highest BCUT2D eigenvalue weighted by molar-refractivity contribution is 5.22. The van der Waals surface area contributed by atoms with E-state index in [1.807, 2.05) is 0 Å². The van der Waals surface area contributed by atoms with Crippen LogP contribution in [0.25, 0.3) is 0 Å². The number of aryl methyl sites for hydroxylation is 1. The van der Waals surface area contributed by atoms with Crippen LogP contribution in [0.2, 0.25) is 0 Å². The predicted octanol–water partition coefficient (Wildman–Crippen LogP) is 1.51. The molecule has 2 heteroatoms. The van der Waals surface area contributed by atoms with Gasteiger partial charge in [-0.2, -0.15) is 0 Å². The van der Waals surface area contributed by atoms with Crippen molar-refractivity contribution in [3.63, 3.8) is 0 Å². The van der Waals surface area contributed by atoms with Crippen LogP contribution in [0.1, 0.15) is 18.1 Å². The Hall–Kier alpha value is -0.860. The second-order valence-corrected chi connectivity index (χ2v) is 3.79. The molecule has 0 saturated heterocycles. The first-order valence-corrected chi connectivity index (χ1v) is 5.13. The van der Waals surface area contributed by atoms with Crippen LogP contribution in [0.15, 0.2) is 24.3 Å². The Morgan fingerprint density at radius 1 is 1.43 bits per heavy atom. The van der Waals surface area contributed by atoms with Gasteiger partial charge in [0, 0.05) is 6.54 Å². The first-order valence-electron chi connectivity index (χ1n) is 5.13. The minimum absolute atomic E-state index is 0.257. The lowest BCUT2D eigenvalue weighted by atomic mass is 10.1. The number of hydrogen-bond donors (Lipinski definition) is 2. The molecule has 0 fully saturated rings. The standard InChI is InChI=1S/C12H19NO/c1-10-4-3-5-12(8-10)6-7-13-9-11(2)14/h3-5,8,11,13-14H,6-7,9H2,1-2H3. The van der Waals surface area contributed by atoms with Crippen LogP contribution in [-0.2, 0) is 6.42 Å². The summed E-state index contributed by atoms with van der Waals surface area (Å²) < 4.78 is 0. The van der Waals surface area contributed by atoms with Gasteiger partial charge in [0.2, 0.25) is 0 Å². The van der Waals surface area contributed by atoms with Crippen molar-refractivity contribution < 1.29 is 5.11 Å². The molecule has 0 radical (unpaired) electrons. The lowest BCUT2D eigenvalue weighted by Gasteiger charge is -2.07. The molecule has 2 N–H and O–H groups in total. The van der Waals surface area contributed by atoms with Crippen molar-refractivity contribution >= 4 is 0 Å². The number of hydrogen-bond acceptors (Lipinski definition) is 2. The molecule has 14 heavy (non-hydrogen) atoms. The molecule has 0 amide bonds. The molecule has 1 rings (SSSR count). The fourth-order valence-electron chi connectivity index (χ4n) is 1.41. The van der Waals surface area contributed by atoms with Crippen molar-refractivity contribution in [1.29, 1.82) is 0 Å². The van der Waals surface area contributed by atoms with E-state index in [2.05, 4.69) is 36.5 Å². The number of rotatable bonds is 5. The van der Waals surface area contributed by atoms with E-state index < -0.39 is 0 Å². The maximum Gasteiger partial charge on any atom is 0.0636 e. The molecule has 0 saturated carbocycles. The van der Waals surface area contributed by atoms with Crippen molar-refractivity contribution in [2.75, 3.05) is 13.1 Å². The third kappa shape index (κ3) is 4.40. The fourth-order valence-corrected chi connectivity index (χ4v) is 1.41. The summed E-state index contributed by atoms with van der Waals surface area (Å²) in [5.41, 5.74) is 2.65. The van der Waals surface area contributed by atoms with E-state index in [4.69, 9.17) is 5.11 Å². The van der Waals surface area contributed by atoms with Gasteiger partial charge in [0.05, 0.1) is 6.10 Å². The van der Waals surface area contributed by atoms with Crippen LogP contribution < -0.4 is 5.32 Å². The van der Waals surface area contributed by atoms with Crippen molar-refractivity contribution in [2.24, 2.45) is 0 Å². The Bertz CT molecular complexity index is 271. The smallest absolute Gasteiger partial charge is 0.0636 e. The summed E-state index contributed by atoms with van der Waals surface area (Å²) in [6.45, 7) is 5.49. The first kappa shape index (κ1) is 11.2. The topological polar surface area (TPSA) is 32.3 Å². The Morgan fingerprint density at radius 2 is 2.21 bits per heavy atom. The van der Waals surface area contributed by atoms with E-state index >= 15 is 0 Å². The Kier molecular flexibility index (Phi) is 4.63. The molecule has 1 unspecified atom stereocenters. The van der Waals surface area contributed by atoms with Gasteiger partial charge < -0.3 is 10.4 Å². The van der Waals surface area contributed by atoms with E-state index in [9.17, 15) is 0 Å². The molecule has 0 bridgehead atoms. The maximum absolute atomic E-state index is 9.03. The van der Waals surface area contributed by atoms with Crippen molar-refractivity contribution in [2.45, 2.75) is 26.4 Å². The van der Waals surface area contributed by atoms with Gasteiger partial charge >= 0.3 is 0 Å². The molecule has 1 aromatic rings. The highest BCUT2D eigenvalue weighted by Crippen LogP contribution is 2.03. The molecule has 1 aromatic carbocycles. The van der Waals surface area contributed by atoms with Crippen LogP contribution in [0.4, 0.5) is 0 Å². The van der Waals surface area contributed by atoms with E-state index in [-0.39, 0.29) is 6.10 Å². The molecule has 2 nitrogen and oxygen atoms in total. The van der Waals surface area contributed by atoms with Gasteiger partial charge in [-0.15, -0.1) is 0 Å². The van der Waals surface area contributed by atoms with Crippen LogP contribution in [-0.4, -0.2) is 24.3 Å². The third-order valence-corrected chi connectivity index (χ3v) is 2.11. The summed E-state index contributed by atoms with van der Waals surface area (Å²) in [5.74, 6) is 0. The molecule has 78 valence electrons. The number of benzene rings is 1. The van der Waals surface area contributed by atoms with E-state index in [1.54, 1.807) is 6.92 Å². The summed E-state index contributed by atoms with van der Waals surface area (Å²) in [4.78, 5) is 0. The lowest BCUT2D eigenvalue weighted by molar-refractivity contribution is 0.191. The van der Waals surface area contributed by atoms with Gasteiger partial charge in [0.15, 0.2) is 0 Å². The van der Waals surface area contributed by atoms with Crippen molar-refractivity contribution in [3.8, 4) is 0 Å². The number of aliphatic hydroxyl groups is 1. The fraction of sp³-hybridized carbons (Fsp3) is 0.500. The van der Waals surface area contributed by atoms with Gasteiger partial charge in [-0.05, 0) is 32.4 Å². The minimum atomic E-state index is -0.257. The quantitative estimate of drug-likeness (QED) is 0.695. The molecule has 0 aliphatic heterocycles. The highest BCUT2D eigenvalue weighted by Gasteiger charge is 1.95. The summed E-state index contributed by atoms with van der Waals surface area (Å²) in [7, 11) is 0. The van der Waals surface area contributed by atoms with E-state index in [0.717, 1.165) is 13.0 Å². The second-order valence-electron chi connectivity index (χ2n) is 3.79. The Labute approximate surface area is 86.0 Å². The molecule has 0 spiro atoms. The van der Waals surface area contributed by atoms with Gasteiger partial charge in [-0.25, -0.2) is 0 Å². The number of nitrogens with one attached hydrogen (secondary N) is 1. The Balaban J connectivity index is 2.25. The summed E-state index contributed by atoms with van der Waals surface area (Å²) >= 11 is 0. The SMILES string of the molecule is Cc1cccc(CCNCC(C)O)c1. The second kappa shape index (κ2) is 5.78. The predicted molar refractivity (Wildman–Crippen MR) is 59.4 cm³/mol. The highest BCUT2D eigenvalue weighted by atomic mass is 16.3. The zero-order chi connectivity index (χ0) is 10.4. The monoisotopic (exact) mass is 193 g/mol. The third-order valence-electron chi connectivity index (χ3n) is 2.11. The van der Waals surface area contributed by atoms with Gasteiger partial charge in [-0.1, -0.05) is 29.8 Å². The van der Waals surface area contributed by atoms with Gasteiger partial charge in [-0.3, -0.25) is 0 Å². The molecule has 0 aliphatic carbocycles. The lowest BCUT2D eigenvalue weighted by Crippen LogP contribution is -2.26. The van der Waals surface area contributed by atoms with E-state index in [0.29, 0.717) is 6.54 Å². The molecule has 0 aliphatic rings. The number of aliphatic hydroxyl groups excluding tert-OH is 1. The van der Waals surface area contributed by atoms with Crippen LogP contribution >= 0.6 is 0 Å². The van der Waals surface area contributed by atoms with Crippen molar-refractivity contribution in [3.05, 3.63) is 35.4 Å². The van der Waals surface area contributed by atoms with E-state index in [1.165, 1.54) is 11.1 Å². The van der Waals surface area contributed by atoms with Gasteiger partial charge in [0.25, 0.3) is 0 Å². The molecule has 0 aromatic heterocycles. The molecule has 1 atom stereocenters. The summed E-state index contributed by atoms with van der Waals surface area (Å²) in [6, 6.07) is 8.52. The van der Waals surface area contributed by atoms with Crippen LogP contribution in [0.5, 0.6) is 0 Å². The molecule has 0 heterocycles.